The van der Waals surface area contributed by atoms with E-state index in [4.69, 9.17) is 4.98 Å². The van der Waals surface area contributed by atoms with Crippen molar-refractivity contribution in [3.63, 3.8) is 0 Å². The number of benzene rings is 3. The molecule has 0 N–H and O–H groups in total. The maximum atomic E-state index is 13.9. The molecule has 3 aromatic carbocycles. The molecule has 0 bridgehead atoms. The molecular formula is C28H23N3OS. The summed E-state index contributed by atoms with van der Waals surface area (Å²) in [7, 11) is 0. The molecule has 1 amide bonds. The molecule has 0 saturated carbocycles. The molecule has 0 aliphatic rings. The molecule has 0 unspecified atom stereocenters. The van der Waals surface area contributed by atoms with Crippen molar-refractivity contribution in [2.24, 2.45) is 0 Å². The van der Waals surface area contributed by atoms with E-state index in [2.05, 4.69) is 29.2 Å². The van der Waals surface area contributed by atoms with Crippen molar-refractivity contribution in [1.29, 1.82) is 0 Å². The molecule has 5 rings (SSSR count). The van der Waals surface area contributed by atoms with E-state index in [1.165, 1.54) is 0 Å². The van der Waals surface area contributed by atoms with E-state index in [1.807, 2.05) is 72.8 Å². The third kappa shape index (κ3) is 4.83. The van der Waals surface area contributed by atoms with E-state index in [9.17, 15) is 4.79 Å². The number of amides is 1. The number of pyridine rings is 1. The second-order valence-electron chi connectivity index (χ2n) is 7.88. The van der Waals surface area contributed by atoms with E-state index in [0.29, 0.717) is 18.1 Å². The first-order valence-electron chi connectivity index (χ1n) is 10.9. The van der Waals surface area contributed by atoms with Crippen LogP contribution in [0.5, 0.6) is 0 Å². The molecule has 5 aromatic rings. The van der Waals surface area contributed by atoms with Crippen LogP contribution in [-0.4, -0.2) is 15.9 Å². The number of fused-ring (bicyclic) bond motifs is 1. The summed E-state index contributed by atoms with van der Waals surface area (Å²) in [5.74, 6) is 0.00120. The minimum absolute atomic E-state index is 0.0364. The molecule has 0 saturated heterocycles. The smallest absolute Gasteiger partial charge is 0.230 e. The number of thiazole rings is 1. The second-order valence-corrected chi connectivity index (χ2v) is 8.89. The minimum Gasteiger partial charge on any atom is -0.284 e. The van der Waals surface area contributed by atoms with Gasteiger partial charge in [-0.25, -0.2) is 4.98 Å². The minimum atomic E-state index is -0.0364. The normalized spacial score (nSPS) is 11.1. The predicted octanol–water partition coefficient (Wildman–Crippen LogP) is 6.45. The molecule has 2 aromatic heterocycles. The molecule has 0 aliphatic carbocycles. The van der Waals surface area contributed by atoms with Crippen molar-refractivity contribution in [2.75, 3.05) is 4.90 Å². The molecular weight excluding hydrogens is 426 g/mol. The number of carbonyl (C=O) groups is 1. The van der Waals surface area contributed by atoms with Gasteiger partial charge in [0.2, 0.25) is 5.91 Å². The van der Waals surface area contributed by atoms with Gasteiger partial charge in [0.15, 0.2) is 5.13 Å². The van der Waals surface area contributed by atoms with Gasteiger partial charge >= 0.3 is 0 Å². The van der Waals surface area contributed by atoms with Gasteiger partial charge in [0.1, 0.15) is 0 Å². The Balaban J connectivity index is 1.51. The lowest BCUT2D eigenvalue weighted by Gasteiger charge is -2.24. The Bertz CT molecular complexity index is 1260. The zero-order chi connectivity index (χ0) is 22.5. The summed E-state index contributed by atoms with van der Waals surface area (Å²) < 4.78 is 1.07. The number of carbonyl (C=O) groups excluding carboxylic acids is 1. The quantitative estimate of drug-likeness (QED) is 0.287. The monoisotopic (exact) mass is 449 g/mol. The van der Waals surface area contributed by atoms with Gasteiger partial charge in [-0.05, 0) is 34.9 Å². The Morgan fingerprint density at radius 3 is 2.12 bits per heavy atom. The first kappa shape index (κ1) is 21.0. The van der Waals surface area contributed by atoms with E-state index >= 15 is 0 Å². The topological polar surface area (TPSA) is 46.1 Å². The average molecular weight is 450 g/mol. The van der Waals surface area contributed by atoms with Gasteiger partial charge in [-0.2, -0.15) is 0 Å². The Morgan fingerprint density at radius 2 is 1.48 bits per heavy atom. The van der Waals surface area contributed by atoms with E-state index in [-0.39, 0.29) is 11.8 Å². The summed E-state index contributed by atoms with van der Waals surface area (Å²) in [6.07, 6.45) is 3.90. The van der Waals surface area contributed by atoms with Crippen LogP contribution in [0.3, 0.4) is 0 Å². The highest BCUT2D eigenvalue weighted by Crippen LogP contribution is 2.33. The summed E-state index contributed by atoms with van der Waals surface area (Å²) in [4.78, 5) is 24.7. The van der Waals surface area contributed by atoms with Crippen LogP contribution < -0.4 is 4.90 Å². The SMILES string of the molecule is O=C(CC(c1ccccc1)c1ccccc1)N(Cc1cccnc1)c1nc2ccccc2s1. The number of anilines is 1. The molecule has 5 heteroatoms. The fourth-order valence-corrected chi connectivity index (χ4v) is 4.98. The molecule has 0 radical (unpaired) electrons. The molecule has 0 spiro atoms. The zero-order valence-electron chi connectivity index (χ0n) is 18.0. The van der Waals surface area contributed by atoms with Crippen molar-refractivity contribution in [1.82, 2.24) is 9.97 Å². The summed E-state index contributed by atoms with van der Waals surface area (Å²) in [5, 5.41) is 0.713. The van der Waals surface area contributed by atoms with Crippen molar-refractivity contribution in [3.05, 3.63) is 126 Å². The van der Waals surface area contributed by atoms with E-state index in [0.717, 1.165) is 26.9 Å². The van der Waals surface area contributed by atoms with Crippen molar-refractivity contribution >= 4 is 32.6 Å². The average Bonchev–Trinajstić information content (AvgIpc) is 3.31. The lowest BCUT2D eigenvalue weighted by molar-refractivity contribution is -0.119. The number of hydrogen-bond donors (Lipinski definition) is 0. The lowest BCUT2D eigenvalue weighted by atomic mass is 9.88. The fraction of sp³-hybridized carbons (Fsp3) is 0.107. The standard InChI is InChI=1S/C28H23N3OS/c32-27(18-24(22-11-3-1-4-12-22)23-13-5-2-6-14-23)31(20-21-10-9-17-29-19-21)28-30-25-15-7-8-16-26(25)33-28/h1-17,19,24H,18,20H2. The third-order valence-corrected chi connectivity index (χ3v) is 6.72. The van der Waals surface area contributed by atoms with Gasteiger partial charge in [-0.1, -0.05) is 90.2 Å². The number of hydrogen-bond acceptors (Lipinski definition) is 4. The van der Waals surface area contributed by atoms with Crippen molar-refractivity contribution < 1.29 is 4.79 Å². The molecule has 4 nitrogen and oxygen atoms in total. The molecule has 162 valence electrons. The third-order valence-electron chi connectivity index (χ3n) is 5.66. The van der Waals surface area contributed by atoms with Crippen LogP contribution in [0.4, 0.5) is 5.13 Å². The maximum absolute atomic E-state index is 13.9. The highest BCUT2D eigenvalue weighted by Gasteiger charge is 2.25. The van der Waals surface area contributed by atoms with Crippen LogP contribution >= 0.6 is 11.3 Å². The molecule has 2 heterocycles. The van der Waals surface area contributed by atoms with Crippen LogP contribution in [0.2, 0.25) is 0 Å². The fourth-order valence-electron chi connectivity index (χ4n) is 4.00. The molecule has 33 heavy (non-hydrogen) atoms. The lowest BCUT2D eigenvalue weighted by Crippen LogP contribution is -2.31. The van der Waals surface area contributed by atoms with Gasteiger partial charge in [0, 0.05) is 24.7 Å². The summed E-state index contributed by atoms with van der Waals surface area (Å²) in [6.45, 7) is 0.433. The molecule has 0 aliphatic heterocycles. The summed E-state index contributed by atoms with van der Waals surface area (Å²) >= 11 is 1.55. The summed E-state index contributed by atoms with van der Waals surface area (Å²) in [5.41, 5.74) is 4.13. The van der Waals surface area contributed by atoms with Gasteiger partial charge in [-0.15, -0.1) is 0 Å². The number of rotatable bonds is 7. The van der Waals surface area contributed by atoms with E-state index in [1.54, 1.807) is 28.6 Å². The van der Waals surface area contributed by atoms with Crippen LogP contribution in [0.15, 0.2) is 109 Å². The number of nitrogens with zero attached hydrogens (tertiary/aromatic N) is 3. The maximum Gasteiger partial charge on any atom is 0.230 e. The highest BCUT2D eigenvalue weighted by atomic mass is 32.1. The van der Waals surface area contributed by atoms with Gasteiger partial charge in [-0.3, -0.25) is 14.7 Å². The summed E-state index contributed by atoms with van der Waals surface area (Å²) in [6, 6.07) is 32.4. The Morgan fingerprint density at radius 1 is 0.818 bits per heavy atom. The van der Waals surface area contributed by atoms with Crippen molar-refractivity contribution in [3.8, 4) is 0 Å². The Labute approximate surface area is 197 Å². The van der Waals surface area contributed by atoms with Crippen LogP contribution in [0.25, 0.3) is 10.2 Å². The number of aromatic nitrogens is 2. The zero-order valence-corrected chi connectivity index (χ0v) is 18.9. The first-order chi connectivity index (χ1) is 16.3. The predicted molar refractivity (Wildman–Crippen MR) is 134 cm³/mol. The van der Waals surface area contributed by atoms with Crippen molar-refractivity contribution in [2.45, 2.75) is 18.9 Å². The molecule has 0 atom stereocenters. The highest BCUT2D eigenvalue weighted by molar-refractivity contribution is 7.22. The first-order valence-corrected chi connectivity index (χ1v) is 11.7. The molecule has 0 fully saturated rings. The Kier molecular flexibility index (Phi) is 6.22. The van der Waals surface area contributed by atoms with Gasteiger partial charge < -0.3 is 0 Å². The van der Waals surface area contributed by atoms with E-state index < -0.39 is 0 Å². The van der Waals surface area contributed by atoms with Gasteiger partial charge in [0.25, 0.3) is 0 Å². The van der Waals surface area contributed by atoms with Crippen LogP contribution in [-0.2, 0) is 11.3 Å². The largest absolute Gasteiger partial charge is 0.284 e. The van der Waals surface area contributed by atoms with Gasteiger partial charge in [0.05, 0.1) is 16.8 Å². The van der Waals surface area contributed by atoms with Crippen LogP contribution in [0.1, 0.15) is 29.0 Å². The second kappa shape index (κ2) is 9.76. The Hall–Kier alpha value is -3.83. The number of para-hydroxylation sites is 1. The van der Waals surface area contributed by atoms with Crippen LogP contribution in [0, 0.1) is 0 Å².